The molecule has 2 aromatic rings. The molecule has 0 saturated carbocycles. The van der Waals surface area contributed by atoms with Gasteiger partial charge in [-0.15, -0.1) is 0 Å². The number of amides is 1. The lowest BCUT2D eigenvalue weighted by molar-refractivity contribution is 0.0791. The van der Waals surface area contributed by atoms with Crippen molar-refractivity contribution in [2.24, 2.45) is 0 Å². The van der Waals surface area contributed by atoms with Gasteiger partial charge in [0.15, 0.2) is 17.4 Å². The number of aromatic hydroxyl groups is 1. The van der Waals surface area contributed by atoms with E-state index in [2.05, 4.69) is 4.98 Å². The van der Waals surface area contributed by atoms with Crippen LogP contribution >= 0.6 is 0 Å². The van der Waals surface area contributed by atoms with Gasteiger partial charge in [0.2, 0.25) is 0 Å². The van der Waals surface area contributed by atoms with Crippen LogP contribution in [-0.4, -0.2) is 46.3 Å². The standard InChI is InChI=1S/C21H23N3O3/c1-2-24(16-6-7-17-14(11-16)5-8-18(17)25)20-19(26)12-15(13-22-20)21(27)23-9-3-4-10-23/h6-7,11-13,26H,2-5,8-10H2,1H3. The van der Waals surface area contributed by atoms with E-state index in [0.717, 1.165) is 49.2 Å². The number of aryl methyl sites for hydroxylation is 1. The molecule has 140 valence electrons. The third-order valence-electron chi connectivity index (χ3n) is 5.38. The highest BCUT2D eigenvalue weighted by atomic mass is 16.3. The Balaban J connectivity index is 1.63. The third-order valence-corrected chi connectivity index (χ3v) is 5.38. The number of hydrogen-bond donors (Lipinski definition) is 1. The van der Waals surface area contributed by atoms with Gasteiger partial charge in [-0.25, -0.2) is 4.98 Å². The van der Waals surface area contributed by atoms with E-state index in [1.54, 1.807) is 4.90 Å². The second-order valence-corrected chi connectivity index (χ2v) is 7.07. The summed E-state index contributed by atoms with van der Waals surface area (Å²) >= 11 is 0. The average molecular weight is 365 g/mol. The third kappa shape index (κ3) is 3.16. The van der Waals surface area contributed by atoms with Crippen molar-refractivity contribution in [2.45, 2.75) is 32.6 Å². The number of anilines is 2. The summed E-state index contributed by atoms with van der Waals surface area (Å²) in [7, 11) is 0. The molecule has 27 heavy (non-hydrogen) atoms. The lowest BCUT2D eigenvalue weighted by Crippen LogP contribution is -2.28. The maximum atomic E-state index is 12.5. The topological polar surface area (TPSA) is 73.7 Å². The Morgan fingerprint density at radius 3 is 2.70 bits per heavy atom. The Kier molecular flexibility index (Phi) is 4.56. The van der Waals surface area contributed by atoms with Crippen LogP contribution in [0.2, 0.25) is 0 Å². The second-order valence-electron chi connectivity index (χ2n) is 7.07. The SMILES string of the molecule is CCN(c1ccc2c(c1)CCC2=O)c1ncc(C(=O)N2CCCC2)cc1O. The number of hydrogen-bond acceptors (Lipinski definition) is 5. The Morgan fingerprint density at radius 2 is 2.00 bits per heavy atom. The van der Waals surface area contributed by atoms with Gasteiger partial charge in [0.25, 0.3) is 5.91 Å². The minimum atomic E-state index is -0.0825. The molecule has 6 nitrogen and oxygen atoms in total. The molecular weight excluding hydrogens is 342 g/mol. The number of carbonyl (C=O) groups is 2. The number of pyridine rings is 1. The van der Waals surface area contributed by atoms with Crippen LogP contribution in [0, 0.1) is 0 Å². The number of rotatable bonds is 4. The van der Waals surface area contributed by atoms with Gasteiger partial charge in [-0.3, -0.25) is 9.59 Å². The molecule has 0 unspecified atom stereocenters. The number of Topliss-reactive ketones (excluding diaryl/α,β-unsaturated/α-hetero) is 1. The fraction of sp³-hybridized carbons (Fsp3) is 0.381. The molecule has 6 heteroatoms. The molecule has 1 aliphatic carbocycles. The smallest absolute Gasteiger partial charge is 0.255 e. The average Bonchev–Trinajstić information content (AvgIpc) is 3.33. The number of carbonyl (C=O) groups excluding carboxylic acids is 2. The van der Waals surface area contributed by atoms with Crippen molar-refractivity contribution >= 4 is 23.2 Å². The molecule has 2 aliphatic rings. The van der Waals surface area contributed by atoms with Gasteiger partial charge in [-0.05, 0) is 56.0 Å². The van der Waals surface area contributed by atoms with Crippen molar-refractivity contribution < 1.29 is 14.7 Å². The van der Waals surface area contributed by atoms with Gasteiger partial charge < -0.3 is 14.9 Å². The van der Waals surface area contributed by atoms with Gasteiger partial charge in [-0.2, -0.15) is 0 Å². The molecule has 4 rings (SSSR count). The zero-order valence-corrected chi connectivity index (χ0v) is 15.4. The summed E-state index contributed by atoms with van der Waals surface area (Å²) in [5, 5.41) is 10.6. The molecule has 1 aromatic heterocycles. The number of nitrogens with zero attached hydrogens (tertiary/aromatic N) is 3. The Hall–Kier alpha value is -2.89. The first-order chi connectivity index (χ1) is 13.1. The van der Waals surface area contributed by atoms with Crippen LogP contribution in [0.15, 0.2) is 30.5 Å². The lowest BCUT2D eigenvalue weighted by Gasteiger charge is -2.24. The van der Waals surface area contributed by atoms with E-state index in [0.29, 0.717) is 24.3 Å². The van der Waals surface area contributed by atoms with Crippen molar-refractivity contribution in [3.8, 4) is 5.75 Å². The van der Waals surface area contributed by atoms with Gasteiger partial charge in [-0.1, -0.05) is 0 Å². The zero-order valence-electron chi connectivity index (χ0n) is 15.4. The molecule has 2 heterocycles. The van der Waals surface area contributed by atoms with Crippen molar-refractivity contribution in [1.82, 2.24) is 9.88 Å². The number of ketones is 1. The van der Waals surface area contributed by atoms with E-state index >= 15 is 0 Å². The van der Waals surface area contributed by atoms with Crippen LogP contribution in [0.1, 0.15) is 52.5 Å². The highest BCUT2D eigenvalue weighted by Gasteiger charge is 2.24. The van der Waals surface area contributed by atoms with E-state index in [1.165, 1.54) is 12.3 Å². The molecular formula is C21H23N3O3. The zero-order chi connectivity index (χ0) is 19.0. The molecule has 1 saturated heterocycles. The molecule has 1 aromatic carbocycles. The number of likely N-dealkylation sites (tertiary alicyclic amines) is 1. The Labute approximate surface area is 158 Å². The molecule has 0 bridgehead atoms. The summed E-state index contributed by atoms with van der Waals surface area (Å²) in [6, 6.07) is 7.23. The van der Waals surface area contributed by atoms with Gasteiger partial charge in [0, 0.05) is 43.5 Å². The molecule has 1 amide bonds. The summed E-state index contributed by atoms with van der Waals surface area (Å²) in [5.74, 6) is 0.504. The fourth-order valence-corrected chi connectivity index (χ4v) is 3.94. The highest BCUT2D eigenvalue weighted by molar-refractivity contribution is 6.01. The first-order valence-corrected chi connectivity index (χ1v) is 9.50. The van der Waals surface area contributed by atoms with Crippen LogP contribution in [0.25, 0.3) is 0 Å². The minimum absolute atomic E-state index is 0.0153. The quantitative estimate of drug-likeness (QED) is 0.900. The maximum Gasteiger partial charge on any atom is 0.255 e. The van der Waals surface area contributed by atoms with Gasteiger partial charge >= 0.3 is 0 Å². The van der Waals surface area contributed by atoms with Crippen LogP contribution < -0.4 is 4.90 Å². The molecule has 1 aliphatic heterocycles. The van der Waals surface area contributed by atoms with Crippen molar-refractivity contribution in [2.75, 3.05) is 24.5 Å². The van der Waals surface area contributed by atoms with Crippen molar-refractivity contribution in [3.05, 3.63) is 47.2 Å². The van der Waals surface area contributed by atoms with E-state index in [4.69, 9.17) is 0 Å². The monoisotopic (exact) mass is 365 g/mol. The summed E-state index contributed by atoms with van der Waals surface area (Å²) < 4.78 is 0. The van der Waals surface area contributed by atoms with E-state index in [-0.39, 0.29) is 17.4 Å². The van der Waals surface area contributed by atoms with Crippen molar-refractivity contribution in [1.29, 1.82) is 0 Å². The number of aromatic nitrogens is 1. The minimum Gasteiger partial charge on any atom is -0.504 e. The second kappa shape index (κ2) is 7.02. The molecule has 1 N–H and O–H groups in total. The van der Waals surface area contributed by atoms with Gasteiger partial charge in [0.1, 0.15) is 0 Å². The molecule has 0 atom stereocenters. The van der Waals surface area contributed by atoms with E-state index < -0.39 is 0 Å². The highest BCUT2D eigenvalue weighted by Crippen LogP contribution is 2.34. The predicted molar refractivity (Wildman–Crippen MR) is 103 cm³/mol. The largest absolute Gasteiger partial charge is 0.504 e. The van der Waals surface area contributed by atoms with Crippen LogP contribution in [0.5, 0.6) is 5.75 Å². The first-order valence-electron chi connectivity index (χ1n) is 9.50. The van der Waals surface area contributed by atoms with Crippen LogP contribution in [0.4, 0.5) is 11.5 Å². The Bertz CT molecular complexity index is 904. The maximum absolute atomic E-state index is 12.5. The van der Waals surface area contributed by atoms with E-state index in [1.807, 2.05) is 30.0 Å². The predicted octanol–water partition coefficient (Wildman–Crippen LogP) is 3.31. The molecule has 1 fully saturated rings. The summed E-state index contributed by atoms with van der Waals surface area (Å²) in [6.45, 7) is 4.10. The summed E-state index contributed by atoms with van der Waals surface area (Å²) in [5.41, 5.74) is 3.12. The summed E-state index contributed by atoms with van der Waals surface area (Å²) in [4.78, 5) is 32.4. The molecule has 0 radical (unpaired) electrons. The summed E-state index contributed by atoms with van der Waals surface area (Å²) in [6.07, 6.45) is 4.89. The lowest BCUT2D eigenvalue weighted by atomic mass is 10.1. The van der Waals surface area contributed by atoms with Crippen LogP contribution in [0.3, 0.4) is 0 Å². The normalized spacial score (nSPS) is 15.9. The first kappa shape index (κ1) is 17.5. The van der Waals surface area contributed by atoms with Crippen molar-refractivity contribution in [3.63, 3.8) is 0 Å². The van der Waals surface area contributed by atoms with Crippen LogP contribution in [-0.2, 0) is 6.42 Å². The number of benzene rings is 1. The molecule has 0 spiro atoms. The fourth-order valence-electron chi connectivity index (χ4n) is 3.94. The Morgan fingerprint density at radius 1 is 1.22 bits per heavy atom. The van der Waals surface area contributed by atoms with E-state index in [9.17, 15) is 14.7 Å². The number of fused-ring (bicyclic) bond motifs is 1. The van der Waals surface area contributed by atoms with Gasteiger partial charge in [0.05, 0.1) is 5.56 Å².